The molecule has 5 N–H and O–H groups in total. The molecule has 9 nitrogen and oxygen atoms in total. The van der Waals surface area contributed by atoms with Crippen molar-refractivity contribution in [3.8, 4) is 0 Å². The highest BCUT2D eigenvalue weighted by molar-refractivity contribution is 7.89. The van der Waals surface area contributed by atoms with Crippen LogP contribution in [0.15, 0.2) is 95.9 Å². The van der Waals surface area contributed by atoms with E-state index >= 15 is 0 Å². The molecule has 0 aromatic heterocycles. The predicted molar refractivity (Wildman–Crippen MR) is 170 cm³/mol. The zero-order valence-corrected chi connectivity index (χ0v) is 25.7. The molecule has 218 valence electrons. The van der Waals surface area contributed by atoms with Crippen molar-refractivity contribution >= 4 is 90.4 Å². The summed E-state index contributed by atoms with van der Waals surface area (Å²) in [5, 5.41) is 9.70. The lowest BCUT2D eigenvalue weighted by atomic mass is 10.0. The molecule has 0 aliphatic heterocycles. The van der Waals surface area contributed by atoms with Gasteiger partial charge in [-0.25, -0.2) is 8.42 Å². The molecule has 4 aromatic rings. The van der Waals surface area contributed by atoms with Crippen LogP contribution >= 0.6 is 47.0 Å². The van der Waals surface area contributed by atoms with Gasteiger partial charge in [0.1, 0.15) is 6.17 Å². The second-order valence-corrected chi connectivity index (χ2v) is 13.5. The standard InChI is InChI=1S/C28H24Cl3N5O4S2/c1-17-13-15-19(16-14-17)42(39,40)36-35-25(38)22-10-4-5-12-23(22)32-27(41)34-26(28(29,30)31)33-24(37)21-11-6-8-18-7-2-3-9-20(18)21/h2-16,26,36H,1H3,(H,33,37)(H,35,38)(H2,32,34,41). The maximum absolute atomic E-state index is 13.2. The van der Waals surface area contributed by atoms with Gasteiger partial charge in [0.25, 0.3) is 21.8 Å². The molecule has 0 saturated carbocycles. The number of hydrazine groups is 1. The minimum Gasteiger partial charge on any atom is -0.339 e. The number of para-hydroxylation sites is 1. The Bertz CT molecular complexity index is 1740. The van der Waals surface area contributed by atoms with Crippen LogP contribution < -0.4 is 26.2 Å². The molecule has 42 heavy (non-hydrogen) atoms. The first-order chi connectivity index (χ1) is 19.8. The number of aryl methyl sites for hydroxylation is 1. The van der Waals surface area contributed by atoms with Gasteiger partial charge in [-0.05, 0) is 60.2 Å². The molecule has 2 amide bonds. The minimum atomic E-state index is -4.02. The van der Waals surface area contributed by atoms with Crippen LogP contribution in [0.2, 0.25) is 0 Å². The fraction of sp³-hybridized carbons (Fsp3) is 0.107. The number of nitrogens with one attached hydrogen (secondary N) is 5. The van der Waals surface area contributed by atoms with Crippen LogP contribution in [0.1, 0.15) is 26.3 Å². The Hall–Kier alpha value is -3.45. The van der Waals surface area contributed by atoms with E-state index in [0.29, 0.717) is 10.9 Å². The number of carbonyl (C=O) groups excluding carboxylic acids is 2. The van der Waals surface area contributed by atoms with Crippen LogP contribution in [-0.2, 0) is 10.0 Å². The fourth-order valence-corrected chi connectivity index (χ4v) is 5.26. The molecular formula is C28H24Cl3N5O4S2. The molecule has 1 unspecified atom stereocenters. The van der Waals surface area contributed by atoms with Crippen molar-refractivity contribution in [3.63, 3.8) is 0 Å². The third-order valence-corrected chi connectivity index (χ3v) is 8.10. The molecule has 4 aromatic carbocycles. The number of hydrogen-bond acceptors (Lipinski definition) is 5. The van der Waals surface area contributed by atoms with E-state index in [0.717, 1.165) is 10.9 Å². The monoisotopic (exact) mass is 663 g/mol. The largest absolute Gasteiger partial charge is 0.339 e. The summed E-state index contributed by atoms with van der Waals surface area (Å²) in [5.41, 5.74) is 3.70. The lowest BCUT2D eigenvalue weighted by Crippen LogP contribution is -2.56. The predicted octanol–water partition coefficient (Wildman–Crippen LogP) is 5.18. The summed E-state index contributed by atoms with van der Waals surface area (Å²) in [4.78, 5) is 28.1. The number of sulfonamides is 1. The maximum atomic E-state index is 13.2. The number of fused-ring (bicyclic) bond motifs is 1. The van der Waals surface area contributed by atoms with Crippen molar-refractivity contribution in [1.29, 1.82) is 0 Å². The number of amides is 2. The number of hydrogen-bond donors (Lipinski definition) is 5. The van der Waals surface area contributed by atoms with E-state index in [1.54, 1.807) is 42.5 Å². The second-order valence-electron chi connectivity index (χ2n) is 8.99. The highest BCUT2D eigenvalue weighted by Crippen LogP contribution is 2.30. The van der Waals surface area contributed by atoms with Crippen LogP contribution in [0.25, 0.3) is 10.8 Å². The average Bonchev–Trinajstić information content (AvgIpc) is 2.95. The van der Waals surface area contributed by atoms with Gasteiger partial charge in [0.05, 0.1) is 16.1 Å². The van der Waals surface area contributed by atoms with Gasteiger partial charge in [-0.1, -0.05) is 101 Å². The highest BCUT2D eigenvalue weighted by atomic mass is 35.6. The Morgan fingerprint density at radius 1 is 0.786 bits per heavy atom. The lowest BCUT2D eigenvalue weighted by Gasteiger charge is -2.28. The molecule has 0 bridgehead atoms. The van der Waals surface area contributed by atoms with Crippen LogP contribution in [-0.4, -0.2) is 35.3 Å². The topological polar surface area (TPSA) is 128 Å². The molecule has 0 heterocycles. The van der Waals surface area contributed by atoms with E-state index < -0.39 is 31.8 Å². The normalized spacial score (nSPS) is 12.3. The van der Waals surface area contributed by atoms with E-state index in [9.17, 15) is 18.0 Å². The van der Waals surface area contributed by atoms with Crippen molar-refractivity contribution in [2.24, 2.45) is 0 Å². The molecule has 0 saturated heterocycles. The van der Waals surface area contributed by atoms with Crippen LogP contribution in [0, 0.1) is 6.92 Å². The Balaban J connectivity index is 1.45. The number of halogens is 3. The Labute approximate surface area is 262 Å². The number of rotatable bonds is 8. The Kier molecular flexibility index (Phi) is 9.93. The number of benzene rings is 4. The van der Waals surface area contributed by atoms with Gasteiger partial charge >= 0.3 is 0 Å². The second kappa shape index (κ2) is 13.2. The molecular weight excluding hydrogens is 641 g/mol. The van der Waals surface area contributed by atoms with Gasteiger partial charge in [-0.15, -0.1) is 4.83 Å². The van der Waals surface area contributed by atoms with Gasteiger partial charge in [-0.3, -0.25) is 15.0 Å². The Morgan fingerprint density at radius 3 is 2.12 bits per heavy atom. The lowest BCUT2D eigenvalue weighted by molar-refractivity contribution is 0.0932. The summed E-state index contributed by atoms with van der Waals surface area (Å²) in [6.07, 6.45) is -1.28. The third-order valence-electron chi connectivity index (χ3n) is 5.96. The maximum Gasteiger partial charge on any atom is 0.268 e. The van der Waals surface area contributed by atoms with Crippen molar-refractivity contribution < 1.29 is 18.0 Å². The smallest absolute Gasteiger partial charge is 0.268 e. The van der Waals surface area contributed by atoms with Gasteiger partial charge in [0.2, 0.25) is 3.79 Å². The zero-order valence-electron chi connectivity index (χ0n) is 21.8. The molecule has 0 aliphatic carbocycles. The quantitative estimate of drug-likeness (QED) is 0.0760. The summed E-state index contributed by atoms with van der Waals surface area (Å²) in [6.45, 7) is 1.82. The number of carbonyl (C=O) groups is 2. The van der Waals surface area contributed by atoms with Crippen molar-refractivity contribution in [1.82, 2.24) is 20.9 Å². The van der Waals surface area contributed by atoms with Gasteiger partial charge in [-0.2, -0.15) is 0 Å². The molecule has 14 heteroatoms. The molecule has 4 rings (SSSR count). The highest BCUT2D eigenvalue weighted by Gasteiger charge is 2.35. The molecule has 0 fully saturated rings. The van der Waals surface area contributed by atoms with Crippen LogP contribution in [0.5, 0.6) is 0 Å². The summed E-state index contributed by atoms with van der Waals surface area (Å²) in [5.74, 6) is -1.28. The van der Waals surface area contributed by atoms with E-state index in [1.807, 2.05) is 31.2 Å². The van der Waals surface area contributed by atoms with Gasteiger partial charge < -0.3 is 16.0 Å². The van der Waals surface area contributed by atoms with Crippen molar-refractivity contribution in [3.05, 3.63) is 108 Å². The van der Waals surface area contributed by atoms with E-state index in [2.05, 4.69) is 26.2 Å². The zero-order chi connectivity index (χ0) is 30.5. The summed E-state index contributed by atoms with van der Waals surface area (Å²) in [6, 6.07) is 24.9. The minimum absolute atomic E-state index is 0.0199. The first-order valence-corrected chi connectivity index (χ1v) is 15.3. The fourth-order valence-electron chi connectivity index (χ4n) is 3.87. The summed E-state index contributed by atoms with van der Waals surface area (Å²) < 4.78 is 23.1. The first kappa shape index (κ1) is 31.5. The van der Waals surface area contributed by atoms with Gasteiger partial charge in [0.15, 0.2) is 5.11 Å². The molecule has 0 radical (unpaired) electrons. The number of thiocarbonyl (C=S) groups is 1. The van der Waals surface area contributed by atoms with E-state index in [1.165, 1.54) is 24.3 Å². The van der Waals surface area contributed by atoms with Crippen LogP contribution in [0.3, 0.4) is 0 Å². The number of anilines is 1. The SMILES string of the molecule is Cc1ccc(S(=O)(=O)NNC(=O)c2ccccc2NC(=S)NC(NC(=O)c2cccc3ccccc23)C(Cl)(Cl)Cl)cc1. The summed E-state index contributed by atoms with van der Waals surface area (Å²) in [7, 11) is -4.02. The molecule has 0 spiro atoms. The van der Waals surface area contributed by atoms with Crippen LogP contribution in [0.4, 0.5) is 5.69 Å². The first-order valence-electron chi connectivity index (χ1n) is 12.3. The van der Waals surface area contributed by atoms with Gasteiger partial charge in [0, 0.05) is 5.56 Å². The van der Waals surface area contributed by atoms with Crippen molar-refractivity contribution in [2.45, 2.75) is 21.8 Å². The molecule has 1 atom stereocenters. The van der Waals surface area contributed by atoms with Crippen molar-refractivity contribution in [2.75, 3.05) is 5.32 Å². The number of alkyl halides is 3. The van der Waals surface area contributed by atoms with E-state index in [4.69, 9.17) is 47.0 Å². The third kappa shape index (κ3) is 7.88. The Morgan fingerprint density at radius 2 is 1.40 bits per heavy atom. The summed E-state index contributed by atoms with van der Waals surface area (Å²) >= 11 is 23.9. The average molecular weight is 665 g/mol. The molecule has 0 aliphatic rings. The van der Waals surface area contributed by atoms with E-state index in [-0.39, 0.29) is 21.3 Å².